The molecule has 8 nitrogen and oxygen atoms in total. The molecule has 0 unspecified atom stereocenters. The van der Waals surface area contributed by atoms with Crippen LogP contribution in [0, 0.1) is 5.92 Å². The highest BCUT2D eigenvalue weighted by atomic mass is 16.5. The van der Waals surface area contributed by atoms with Gasteiger partial charge in [-0.3, -0.25) is 4.79 Å². The highest BCUT2D eigenvalue weighted by Gasteiger charge is 2.26. The molecule has 0 radical (unpaired) electrons. The Labute approximate surface area is 150 Å². The summed E-state index contributed by atoms with van der Waals surface area (Å²) in [6, 6.07) is 11.3. The van der Waals surface area contributed by atoms with Gasteiger partial charge in [-0.1, -0.05) is 12.1 Å². The summed E-state index contributed by atoms with van der Waals surface area (Å²) in [6.45, 7) is 1.56. The van der Waals surface area contributed by atoms with Crippen LogP contribution in [-0.2, 0) is 4.79 Å². The first kappa shape index (κ1) is 16.3. The molecule has 1 N–H and O–H groups in total. The molecule has 1 fully saturated rings. The number of nitrogens with one attached hydrogen (secondary N) is 1. The first-order chi connectivity index (χ1) is 12.7. The standard InChI is InChI=1S/C18H20N6O2/c1-26-15-5-3-2-4-14(15)20-18(25)13-8-10-23(11-9-13)17-7-6-16-21-19-12-24(16)22-17/h2-7,12-13H,8-11H2,1H3,(H,20,25). The number of amides is 1. The second-order valence-electron chi connectivity index (χ2n) is 6.28. The van der Waals surface area contributed by atoms with E-state index in [2.05, 4.69) is 25.5 Å². The van der Waals surface area contributed by atoms with Crippen molar-refractivity contribution in [2.24, 2.45) is 5.92 Å². The lowest BCUT2D eigenvalue weighted by molar-refractivity contribution is -0.120. The zero-order valence-corrected chi connectivity index (χ0v) is 14.5. The van der Waals surface area contributed by atoms with Gasteiger partial charge in [0.15, 0.2) is 5.65 Å². The van der Waals surface area contributed by atoms with Crippen molar-refractivity contribution in [2.75, 3.05) is 30.4 Å². The number of aromatic nitrogens is 4. The zero-order chi connectivity index (χ0) is 17.9. The molecule has 1 aliphatic rings. The number of para-hydroxylation sites is 2. The molecule has 3 aromatic rings. The summed E-state index contributed by atoms with van der Waals surface area (Å²) in [5.74, 6) is 1.57. The average molecular weight is 352 g/mol. The van der Waals surface area contributed by atoms with Gasteiger partial charge in [-0.15, -0.1) is 15.3 Å². The Morgan fingerprint density at radius 1 is 1.19 bits per heavy atom. The quantitative estimate of drug-likeness (QED) is 0.773. The van der Waals surface area contributed by atoms with Crippen LogP contribution in [0.3, 0.4) is 0 Å². The van der Waals surface area contributed by atoms with Gasteiger partial charge in [0.1, 0.15) is 17.9 Å². The fourth-order valence-electron chi connectivity index (χ4n) is 3.24. The van der Waals surface area contributed by atoms with Crippen LogP contribution in [0.15, 0.2) is 42.7 Å². The van der Waals surface area contributed by atoms with Crippen LogP contribution in [0.25, 0.3) is 5.65 Å². The fraction of sp³-hybridized carbons (Fsp3) is 0.333. The van der Waals surface area contributed by atoms with Gasteiger partial charge < -0.3 is 15.0 Å². The second-order valence-corrected chi connectivity index (χ2v) is 6.28. The molecule has 1 aromatic carbocycles. The van der Waals surface area contributed by atoms with E-state index >= 15 is 0 Å². The topological polar surface area (TPSA) is 84.6 Å². The van der Waals surface area contributed by atoms with Crippen LogP contribution in [-0.4, -0.2) is 45.9 Å². The molecule has 8 heteroatoms. The van der Waals surface area contributed by atoms with Gasteiger partial charge in [0, 0.05) is 19.0 Å². The molecule has 1 saturated heterocycles. The predicted molar refractivity (Wildman–Crippen MR) is 97.3 cm³/mol. The molecule has 4 rings (SSSR count). The van der Waals surface area contributed by atoms with Crippen LogP contribution in [0.4, 0.5) is 11.5 Å². The smallest absolute Gasteiger partial charge is 0.227 e. The predicted octanol–water partition coefficient (Wildman–Crippen LogP) is 1.99. The van der Waals surface area contributed by atoms with Crippen LogP contribution in [0.5, 0.6) is 5.75 Å². The second kappa shape index (κ2) is 6.99. The molecule has 0 atom stereocenters. The number of nitrogens with zero attached hydrogens (tertiary/aromatic N) is 5. The molecule has 0 bridgehead atoms. The van der Waals surface area contributed by atoms with E-state index in [-0.39, 0.29) is 11.8 Å². The average Bonchev–Trinajstić information content (AvgIpc) is 3.16. The van der Waals surface area contributed by atoms with E-state index in [9.17, 15) is 4.79 Å². The SMILES string of the molecule is COc1ccccc1NC(=O)C1CCN(c2ccc3nncn3n2)CC1. The molecule has 0 saturated carbocycles. The van der Waals surface area contributed by atoms with Crippen LogP contribution in [0.1, 0.15) is 12.8 Å². The zero-order valence-electron chi connectivity index (χ0n) is 14.5. The number of methoxy groups -OCH3 is 1. The van der Waals surface area contributed by atoms with E-state index in [0.29, 0.717) is 11.4 Å². The Hall–Kier alpha value is -3.16. The van der Waals surface area contributed by atoms with Gasteiger partial charge in [0.2, 0.25) is 5.91 Å². The molecule has 2 aromatic heterocycles. The fourth-order valence-corrected chi connectivity index (χ4v) is 3.24. The number of fused-ring (bicyclic) bond motifs is 1. The van der Waals surface area contributed by atoms with Gasteiger partial charge in [-0.2, -0.15) is 4.52 Å². The van der Waals surface area contributed by atoms with Crippen molar-refractivity contribution in [3.8, 4) is 5.75 Å². The third kappa shape index (κ3) is 3.17. The number of benzene rings is 1. The van der Waals surface area contributed by atoms with E-state index in [4.69, 9.17) is 4.74 Å². The minimum absolute atomic E-state index is 0.0187. The lowest BCUT2D eigenvalue weighted by atomic mass is 9.95. The molecule has 3 heterocycles. The number of piperidine rings is 1. The Balaban J connectivity index is 1.39. The lowest BCUT2D eigenvalue weighted by Crippen LogP contribution is -2.38. The maximum absolute atomic E-state index is 12.6. The minimum Gasteiger partial charge on any atom is -0.495 e. The molecular weight excluding hydrogens is 332 g/mol. The van der Waals surface area contributed by atoms with Crippen molar-refractivity contribution in [1.82, 2.24) is 19.8 Å². The van der Waals surface area contributed by atoms with Crippen molar-refractivity contribution < 1.29 is 9.53 Å². The third-order valence-electron chi connectivity index (χ3n) is 4.70. The van der Waals surface area contributed by atoms with Crippen molar-refractivity contribution in [3.05, 3.63) is 42.7 Å². The molecule has 1 aliphatic heterocycles. The molecule has 1 amide bonds. The van der Waals surface area contributed by atoms with E-state index in [1.54, 1.807) is 18.0 Å². The summed E-state index contributed by atoms with van der Waals surface area (Å²) in [5, 5.41) is 15.3. The Kier molecular flexibility index (Phi) is 4.39. The van der Waals surface area contributed by atoms with Crippen LogP contribution >= 0.6 is 0 Å². The first-order valence-electron chi connectivity index (χ1n) is 8.60. The Bertz CT molecular complexity index is 917. The van der Waals surface area contributed by atoms with Crippen LogP contribution < -0.4 is 15.0 Å². The maximum atomic E-state index is 12.6. The van der Waals surface area contributed by atoms with E-state index in [1.807, 2.05) is 36.4 Å². The molecular formula is C18H20N6O2. The van der Waals surface area contributed by atoms with Gasteiger partial charge in [0.05, 0.1) is 12.8 Å². The van der Waals surface area contributed by atoms with Gasteiger partial charge in [-0.05, 0) is 37.1 Å². The number of rotatable bonds is 4. The van der Waals surface area contributed by atoms with Crippen molar-refractivity contribution in [2.45, 2.75) is 12.8 Å². The lowest BCUT2D eigenvalue weighted by Gasteiger charge is -2.32. The summed E-state index contributed by atoms with van der Waals surface area (Å²) >= 11 is 0. The first-order valence-corrected chi connectivity index (χ1v) is 8.60. The number of carbonyl (C=O) groups is 1. The third-order valence-corrected chi connectivity index (χ3v) is 4.70. The summed E-state index contributed by atoms with van der Waals surface area (Å²) in [7, 11) is 1.60. The van der Waals surface area contributed by atoms with Crippen molar-refractivity contribution in [1.29, 1.82) is 0 Å². The van der Waals surface area contributed by atoms with Crippen molar-refractivity contribution in [3.63, 3.8) is 0 Å². The molecule has 0 aliphatic carbocycles. The van der Waals surface area contributed by atoms with E-state index in [1.165, 1.54) is 0 Å². The largest absolute Gasteiger partial charge is 0.495 e. The number of hydrogen-bond acceptors (Lipinski definition) is 6. The normalized spacial score (nSPS) is 15.2. The van der Waals surface area contributed by atoms with Gasteiger partial charge in [-0.25, -0.2) is 0 Å². The Morgan fingerprint density at radius 2 is 2.00 bits per heavy atom. The van der Waals surface area contributed by atoms with Crippen LogP contribution in [0.2, 0.25) is 0 Å². The van der Waals surface area contributed by atoms with Gasteiger partial charge >= 0.3 is 0 Å². The van der Waals surface area contributed by atoms with E-state index < -0.39 is 0 Å². The molecule has 26 heavy (non-hydrogen) atoms. The van der Waals surface area contributed by atoms with Crippen molar-refractivity contribution >= 4 is 23.1 Å². The number of anilines is 2. The highest BCUT2D eigenvalue weighted by Crippen LogP contribution is 2.26. The number of hydrogen-bond donors (Lipinski definition) is 1. The Morgan fingerprint density at radius 3 is 2.81 bits per heavy atom. The highest BCUT2D eigenvalue weighted by molar-refractivity contribution is 5.94. The summed E-state index contributed by atoms with van der Waals surface area (Å²) < 4.78 is 6.96. The monoisotopic (exact) mass is 352 g/mol. The van der Waals surface area contributed by atoms with E-state index in [0.717, 1.165) is 37.4 Å². The number of carbonyl (C=O) groups excluding carboxylic acids is 1. The number of ether oxygens (including phenoxy) is 1. The summed E-state index contributed by atoms with van der Waals surface area (Å²) in [4.78, 5) is 14.8. The summed E-state index contributed by atoms with van der Waals surface area (Å²) in [6.07, 6.45) is 3.15. The van der Waals surface area contributed by atoms with Gasteiger partial charge in [0.25, 0.3) is 0 Å². The summed E-state index contributed by atoms with van der Waals surface area (Å²) in [5.41, 5.74) is 1.43. The molecule has 134 valence electrons. The minimum atomic E-state index is -0.0187. The molecule has 0 spiro atoms. The maximum Gasteiger partial charge on any atom is 0.227 e.